The largest absolute Gasteiger partial charge is 0.369 e. The third-order valence-corrected chi connectivity index (χ3v) is 7.10. The number of rotatable bonds is 10. The van der Waals surface area contributed by atoms with Gasteiger partial charge in [0.25, 0.3) is 5.91 Å². The van der Waals surface area contributed by atoms with Crippen LogP contribution in [0.1, 0.15) is 63.6 Å². The number of hydrogen-bond donors (Lipinski definition) is 3. The maximum Gasteiger partial charge on any atom is 0.317 e. The molecule has 2 aliphatic rings. The van der Waals surface area contributed by atoms with Gasteiger partial charge >= 0.3 is 6.03 Å². The van der Waals surface area contributed by atoms with Gasteiger partial charge in [-0.3, -0.25) is 4.79 Å². The summed E-state index contributed by atoms with van der Waals surface area (Å²) in [6.07, 6.45) is 5.54. The number of hydrogen-bond acceptors (Lipinski definition) is 7. The van der Waals surface area contributed by atoms with Crippen molar-refractivity contribution < 1.29 is 9.59 Å². The molecule has 9 nitrogen and oxygen atoms in total. The number of urea groups is 1. The van der Waals surface area contributed by atoms with Gasteiger partial charge in [-0.1, -0.05) is 34.6 Å². The normalized spacial score (nSPS) is 20.8. The molecule has 0 aliphatic carbocycles. The Bertz CT molecular complexity index is 874. The Morgan fingerprint density at radius 1 is 1.34 bits per heavy atom. The average Bonchev–Trinajstić information content (AvgIpc) is 3.25. The number of anilines is 1. The van der Waals surface area contributed by atoms with Gasteiger partial charge in [-0.25, -0.2) is 14.8 Å². The van der Waals surface area contributed by atoms with E-state index in [1.807, 2.05) is 21.6 Å². The number of nitrogens with zero attached hydrogens (tertiary/aromatic N) is 4. The summed E-state index contributed by atoms with van der Waals surface area (Å²) in [5.74, 6) is 2.64. The van der Waals surface area contributed by atoms with Crippen LogP contribution in [0.25, 0.3) is 0 Å². The molecule has 3 rings (SSSR count). The second-order valence-electron chi connectivity index (χ2n) is 11.0. The van der Waals surface area contributed by atoms with E-state index in [1.165, 1.54) is 0 Å². The molecule has 1 aromatic heterocycles. The zero-order chi connectivity index (χ0) is 25.6. The summed E-state index contributed by atoms with van der Waals surface area (Å²) in [5, 5.41) is 9.79. The van der Waals surface area contributed by atoms with Gasteiger partial charge in [0.2, 0.25) is 0 Å². The molecule has 2 saturated heterocycles. The highest BCUT2D eigenvalue weighted by Gasteiger charge is 2.37. The molecule has 10 heteroatoms. The standard InChI is InChI=1S/C25H43N7O2S/c1-17(2)16-32(19-12-18(13-26-14-19)31-10-9-28-24(31)34)22(33)20-15-29-23(25(3,4)5)30-21(20)27-8-7-11-35-6/h15,17-19,26H,7-14,16H2,1-6H3,(H,28,34)(H,27,29,30). The summed E-state index contributed by atoms with van der Waals surface area (Å²) < 4.78 is 0. The predicted octanol–water partition coefficient (Wildman–Crippen LogP) is 2.79. The van der Waals surface area contributed by atoms with Crippen molar-refractivity contribution in [3.05, 3.63) is 17.6 Å². The van der Waals surface area contributed by atoms with Crippen molar-refractivity contribution in [2.24, 2.45) is 5.92 Å². The molecule has 2 atom stereocenters. The van der Waals surface area contributed by atoms with E-state index in [-0.39, 0.29) is 29.4 Å². The quantitative estimate of drug-likeness (QED) is 0.420. The maximum atomic E-state index is 14.0. The number of carbonyl (C=O) groups is 2. The Balaban J connectivity index is 1.87. The molecule has 0 bridgehead atoms. The van der Waals surface area contributed by atoms with Gasteiger partial charge in [-0.15, -0.1) is 0 Å². The summed E-state index contributed by atoms with van der Waals surface area (Å²) in [6, 6.07) is 0.0492. The molecule has 3 heterocycles. The molecule has 2 fully saturated rings. The number of nitrogens with one attached hydrogen (secondary N) is 3. The molecular weight excluding hydrogens is 462 g/mol. The fourth-order valence-corrected chi connectivity index (χ4v) is 5.04. The van der Waals surface area contributed by atoms with Crippen molar-refractivity contribution in [2.45, 2.75) is 65.0 Å². The summed E-state index contributed by atoms with van der Waals surface area (Å²) >= 11 is 1.81. The first kappa shape index (κ1) is 27.5. The van der Waals surface area contributed by atoms with Crippen LogP contribution in [0.5, 0.6) is 0 Å². The van der Waals surface area contributed by atoms with Gasteiger partial charge in [0.15, 0.2) is 0 Å². The topological polar surface area (TPSA) is 102 Å². The molecule has 2 aliphatic heterocycles. The van der Waals surface area contributed by atoms with Gasteiger partial charge in [0, 0.05) is 63.0 Å². The zero-order valence-corrected chi connectivity index (χ0v) is 23.0. The molecule has 35 heavy (non-hydrogen) atoms. The molecule has 3 N–H and O–H groups in total. The lowest BCUT2D eigenvalue weighted by Gasteiger charge is -2.41. The average molecular weight is 506 g/mol. The number of amides is 3. The number of carbonyl (C=O) groups excluding carboxylic acids is 2. The molecule has 0 aromatic carbocycles. The van der Waals surface area contributed by atoms with Gasteiger partial charge < -0.3 is 25.8 Å². The predicted molar refractivity (Wildman–Crippen MR) is 143 cm³/mol. The van der Waals surface area contributed by atoms with Crippen molar-refractivity contribution in [3.63, 3.8) is 0 Å². The Labute approximate surface area is 214 Å². The first-order valence-electron chi connectivity index (χ1n) is 12.8. The van der Waals surface area contributed by atoms with Crippen LogP contribution in [-0.2, 0) is 5.41 Å². The SMILES string of the molecule is CSCCCNc1nc(C(C)(C)C)ncc1C(=O)N(CC(C)C)C1CNCC(N2CCNC2=O)C1. The van der Waals surface area contributed by atoms with Crippen LogP contribution in [0.3, 0.4) is 0 Å². The molecule has 1 aromatic rings. The smallest absolute Gasteiger partial charge is 0.317 e. The Hall–Kier alpha value is -2.07. The molecule has 0 saturated carbocycles. The lowest BCUT2D eigenvalue weighted by Crippen LogP contribution is -2.58. The first-order chi connectivity index (χ1) is 16.6. The fraction of sp³-hybridized carbons (Fsp3) is 0.760. The van der Waals surface area contributed by atoms with E-state index in [1.54, 1.807) is 6.20 Å². The lowest BCUT2D eigenvalue weighted by atomic mass is 9.95. The first-order valence-corrected chi connectivity index (χ1v) is 14.2. The fourth-order valence-electron chi connectivity index (χ4n) is 4.61. The minimum atomic E-state index is -0.217. The molecular formula is C25H43N7O2S. The van der Waals surface area contributed by atoms with Crippen LogP contribution < -0.4 is 16.0 Å². The van der Waals surface area contributed by atoms with Crippen LogP contribution >= 0.6 is 11.8 Å². The Morgan fingerprint density at radius 3 is 2.74 bits per heavy atom. The van der Waals surface area contributed by atoms with Gasteiger partial charge in [-0.05, 0) is 30.8 Å². The van der Waals surface area contributed by atoms with E-state index in [9.17, 15) is 9.59 Å². The van der Waals surface area contributed by atoms with E-state index in [4.69, 9.17) is 4.98 Å². The van der Waals surface area contributed by atoms with Crippen molar-refractivity contribution in [1.82, 2.24) is 30.4 Å². The van der Waals surface area contributed by atoms with E-state index in [0.29, 0.717) is 43.5 Å². The van der Waals surface area contributed by atoms with Crippen molar-refractivity contribution >= 4 is 29.5 Å². The lowest BCUT2D eigenvalue weighted by molar-refractivity contribution is 0.0567. The summed E-state index contributed by atoms with van der Waals surface area (Å²) in [5.41, 5.74) is 0.301. The number of thioether (sulfide) groups is 1. The van der Waals surface area contributed by atoms with Gasteiger partial charge in [0.1, 0.15) is 17.2 Å². The summed E-state index contributed by atoms with van der Waals surface area (Å²) in [6.45, 7) is 14.7. The van der Waals surface area contributed by atoms with Crippen LogP contribution in [0, 0.1) is 5.92 Å². The highest BCUT2D eigenvalue weighted by molar-refractivity contribution is 7.98. The van der Waals surface area contributed by atoms with E-state index in [2.05, 4.69) is 61.8 Å². The van der Waals surface area contributed by atoms with E-state index >= 15 is 0 Å². The molecule has 0 spiro atoms. The minimum absolute atomic E-state index is 0.0105. The highest BCUT2D eigenvalue weighted by atomic mass is 32.2. The van der Waals surface area contributed by atoms with Crippen molar-refractivity contribution in [1.29, 1.82) is 0 Å². The van der Waals surface area contributed by atoms with Gasteiger partial charge in [-0.2, -0.15) is 11.8 Å². The maximum absolute atomic E-state index is 14.0. The number of aromatic nitrogens is 2. The Morgan fingerprint density at radius 2 is 2.11 bits per heavy atom. The van der Waals surface area contributed by atoms with E-state index < -0.39 is 0 Å². The second-order valence-corrected chi connectivity index (χ2v) is 11.9. The number of piperidine rings is 1. The molecule has 196 valence electrons. The van der Waals surface area contributed by atoms with Crippen LogP contribution in [-0.4, -0.2) is 95.1 Å². The highest BCUT2D eigenvalue weighted by Crippen LogP contribution is 2.25. The Kier molecular flexibility index (Phi) is 9.63. The van der Waals surface area contributed by atoms with Crippen molar-refractivity contribution in [3.8, 4) is 0 Å². The van der Waals surface area contributed by atoms with Crippen molar-refractivity contribution in [2.75, 3.05) is 56.6 Å². The molecule has 2 unspecified atom stereocenters. The zero-order valence-electron chi connectivity index (χ0n) is 22.2. The monoisotopic (exact) mass is 505 g/mol. The molecule has 3 amide bonds. The van der Waals surface area contributed by atoms with Crippen LogP contribution in [0.4, 0.5) is 10.6 Å². The second kappa shape index (κ2) is 12.3. The third kappa shape index (κ3) is 7.22. The molecule has 0 radical (unpaired) electrons. The minimum Gasteiger partial charge on any atom is -0.369 e. The van der Waals surface area contributed by atoms with Crippen LogP contribution in [0.2, 0.25) is 0 Å². The summed E-state index contributed by atoms with van der Waals surface area (Å²) in [7, 11) is 0. The summed E-state index contributed by atoms with van der Waals surface area (Å²) in [4.78, 5) is 39.6. The van der Waals surface area contributed by atoms with Crippen LogP contribution in [0.15, 0.2) is 6.20 Å². The van der Waals surface area contributed by atoms with E-state index in [0.717, 1.165) is 37.5 Å². The van der Waals surface area contributed by atoms with Gasteiger partial charge in [0.05, 0.1) is 0 Å². The third-order valence-electron chi connectivity index (χ3n) is 6.41.